The summed E-state index contributed by atoms with van der Waals surface area (Å²) in [5.74, 6) is 0.759. The number of nitrogens with one attached hydrogen (secondary N) is 1. The lowest BCUT2D eigenvalue weighted by Crippen LogP contribution is -2.53. The molecule has 1 saturated carbocycles. The summed E-state index contributed by atoms with van der Waals surface area (Å²) in [6, 6.07) is 1.32. The molecule has 7 nitrogen and oxygen atoms in total. The first-order valence-electron chi connectivity index (χ1n) is 7.77. The minimum absolute atomic E-state index is 0.0102. The summed E-state index contributed by atoms with van der Waals surface area (Å²) < 4.78 is 5.18. The Morgan fingerprint density at radius 3 is 2.65 bits per heavy atom. The van der Waals surface area contributed by atoms with Crippen LogP contribution in [0.15, 0.2) is 12.3 Å². The molecule has 0 bridgehead atoms. The van der Waals surface area contributed by atoms with Crippen molar-refractivity contribution in [2.45, 2.75) is 38.8 Å². The maximum Gasteiger partial charge on any atom is 0.405 e. The van der Waals surface area contributed by atoms with Gasteiger partial charge in [-0.1, -0.05) is 6.92 Å². The molecule has 2 N–H and O–H groups in total. The molecular weight excluding hydrogens is 298 g/mol. The second kappa shape index (κ2) is 5.72. The van der Waals surface area contributed by atoms with Crippen molar-refractivity contribution >= 4 is 17.7 Å². The predicted molar refractivity (Wildman–Crippen MR) is 83.5 cm³/mol. The van der Waals surface area contributed by atoms with E-state index in [-0.39, 0.29) is 23.9 Å². The molecule has 124 valence electrons. The molecule has 3 rings (SSSR count). The topological polar surface area (TPSA) is 91.8 Å². The van der Waals surface area contributed by atoms with Crippen LogP contribution in [0.4, 0.5) is 10.5 Å². The van der Waals surface area contributed by atoms with Gasteiger partial charge in [0.1, 0.15) is 0 Å². The highest BCUT2D eigenvalue weighted by molar-refractivity contribution is 5.94. The lowest BCUT2D eigenvalue weighted by molar-refractivity contribution is -0.117. The summed E-state index contributed by atoms with van der Waals surface area (Å²) in [6.45, 7) is 3.54. The van der Waals surface area contributed by atoms with Gasteiger partial charge in [0.05, 0.1) is 18.8 Å². The van der Waals surface area contributed by atoms with Crippen molar-refractivity contribution in [1.29, 1.82) is 0 Å². The lowest BCUT2D eigenvalue weighted by Gasteiger charge is -2.45. The number of aromatic nitrogens is 1. The van der Waals surface area contributed by atoms with Gasteiger partial charge in [-0.2, -0.15) is 0 Å². The maximum absolute atomic E-state index is 12.3. The molecule has 3 atom stereocenters. The van der Waals surface area contributed by atoms with Crippen molar-refractivity contribution in [2.24, 2.45) is 11.8 Å². The second-order valence-corrected chi connectivity index (χ2v) is 6.29. The van der Waals surface area contributed by atoms with Crippen molar-refractivity contribution in [1.82, 2.24) is 10.3 Å². The van der Waals surface area contributed by atoms with Crippen molar-refractivity contribution in [2.75, 3.05) is 12.0 Å². The van der Waals surface area contributed by atoms with Crippen LogP contribution in [0, 0.1) is 11.8 Å². The van der Waals surface area contributed by atoms with Crippen LogP contribution in [0.3, 0.4) is 0 Å². The number of nitrogens with zero attached hydrogens (tertiary/aromatic N) is 2. The second-order valence-electron chi connectivity index (χ2n) is 6.29. The van der Waals surface area contributed by atoms with E-state index >= 15 is 0 Å². The summed E-state index contributed by atoms with van der Waals surface area (Å²) in [6.07, 6.45) is 2.66. The molecule has 23 heavy (non-hydrogen) atoms. The van der Waals surface area contributed by atoms with Crippen LogP contribution in [0.25, 0.3) is 0 Å². The van der Waals surface area contributed by atoms with Gasteiger partial charge < -0.3 is 20.1 Å². The van der Waals surface area contributed by atoms with Gasteiger partial charge in [-0.15, -0.1) is 0 Å². The fraction of sp³-hybridized carbons (Fsp3) is 0.562. The van der Waals surface area contributed by atoms with E-state index in [0.29, 0.717) is 23.0 Å². The Balaban J connectivity index is 2.13. The number of rotatable bonds is 3. The molecule has 7 heteroatoms. The molecule has 1 aliphatic heterocycles. The third-order valence-corrected chi connectivity index (χ3v) is 4.78. The van der Waals surface area contributed by atoms with Crippen LogP contribution >= 0.6 is 0 Å². The Morgan fingerprint density at radius 2 is 2.13 bits per heavy atom. The number of carbonyl (C=O) groups excluding carboxylic acids is 1. The molecule has 1 aromatic rings. The van der Waals surface area contributed by atoms with Crippen molar-refractivity contribution in [3.63, 3.8) is 0 Å². The zero-order valence-corrected chi connectivity index (χ0v) is 13.4. The van der Waals surface area contributed by atoms with Crippen LogP contribution < -0.4 is 15.0 Å². The number of methoxy groups -OCH3 is 1. The van der Waals surface area contributed by atoms with E-state index in [1.807, 2.05) is 6.92 Å². The highest BCUT2D eigenvalue weighted by Crippen LogP contribution is 2.49. The Hall–Kier alpha value is -2.31. The number of fused-ring (bicyclic) bond motifs is 1. The van der Waals surface area contributed by atoms with Gasteiger partial charge in [-0.3, -0.25) is 4.79 Å². The van der Waals surface area contributed by atoms with Gasteiger partial charge in [0.25, 0.3) is 0 Å². The largest absolute Gasteiger partial charge is 0.481 e. The zero-order valence-electron chi connectivity index (χ0n) is 13.4. The van der Waals surface area contributed by atoms with E-state index in [4.69, 9.17) is 4.74 Å². The number of hydrogen-bond acceptors (Lipinski definition) is 4. The van der Waals surface area contributed by atoms with Crippen LogP contribution in [0.5, 0.6) is 5.88 Å². The predicted octanol–water partition coefficient (Wildman–Crippen LogP) is 2.18. The van der Waals surface area contributed by atoms with Gasteiger partial charge in [0.15, 0.2) is 0 Å². The van der Waals surface area contributed by atoms with E-state index in [1.54, 1.807) is 24.1 Å². The molecule has 2 aliphatic rings. The number of amides is 2. The SMILES string of the molecule is COc1cc2c(cn1)[C@H](NC(=O)O)[C@@H](C)[C@@H](C1CC1)N2C(C)=O. The number of carbonyl (C=O) groups is 2. The highest BCUT2D eigenvalue weighted by Gasteiger charge is 2.48. The summed E-state index contributed by atoms with van der Waals surface area (Å²) in [7, 11) is 1.52. The van der Waals surface area contributed by atoms with Gasteiger partial charge in [0, 0.05) is 36.7 Å². The van der Waals surface area contributed by atoms with Crippen LogP contribution in [-0.2, 0) is 4.79 Å². The Bertz CT molecular complexity index is 644. The first-order valence-corrected chi connectivity index (χ1v) is 7.77. The number of carboxylic acid groups (broad SMARTS) is 1. The fourth-order valence-corrected chi connectivity index (χ4v) is 3.67. The molecule has 0 aromatic carbocycles. The minimum atomic E-state index is -1.07. The van der Waals surface area contributed by atoms with Crippen LogP contribution in [0.2, 0.25) is 0 Å². The Kier molecular flexibility index (Phi) is 3.87. The van der Waals surface area contributed by atoms with E-state index in [2.05, 4.69) is 10.3 Å². The van der Waals surface area contributed by atoms with Crippen molar-refractivity contribution in [3.05, 3.63) is 17.8 Å². The van der Waals surface area contributed by atoms with Crippen LogP contribution in [-0.4, -0.2) is 35.2 Å². The number of pyridine rings is 1. The summed E-state index contributed by atoms with van der Waals surface area (Å²) >= 11 is 0. The standard InChI is InChI=1S/C16H21N3O4/c1-8-14(18-16(21)22)11-7-17-13(23-3)6-12(11)19(9(2)20)15(8)10-4-5-10/h6-8,10,14-15,18H,4-5H2,1-3H3,(H,21,22)/t8-,14-,15+/m1/s1. The molecule has 1 aromatic heterocycles. The number of hydrogen-bond donors (Lipinski definition) is 2. The molecule has 2 heterocycles. The smallest absolute Gasteiger partial charge is 0.405 e. The normalized spacial score (nSPS) is 26.4. The molecule has 1 aliphatic carbocycles. The van der Waals surface area contributed by atoms with E-state index in [0.717, 1.165) is 12.8 Å². The van der Waals surface area contributed by atoms with Gasteiger partial charge in [0.2, 0.25) is 11.8 Å². The van der Waals surface area contributed by atoms with Crippen molar-refractivity contribution < 1.29 is 19.4 Å². The molecule has 1 fully saturated rings. The lowest BCUT2D eigenvalue weighted by atomic mass is 9.80. The number of ether oxygens (including phenoxy) is 1. The maximum atomic E-state index is 12.3. The van der Waals surface area contributed by atoms with Crippen molar-refractivity contribution in [3.8, 4) is 5.88 Å². The molecular formula is C16H21N3O4. The quantitative estimate of drug-likeness (QED) is 0.891. The van der Waals surface area contributed by atoms with E-state index < -0.39 is 6.09 Å². The zero-order chi connectivity index (χ0) is 16.7. The number of anilines is 1. The minimum Gasteiger partial charge on any atom is -0.481 e. The van der Waals surface area contributed by atoms with Crippen LogP contribution in [0.1, 0.15) is 38.3 Å². The molecule has 0 saturated heterocycles. The average Bonchev–Trinajstić information content (AvgIpc) is 3.32. The third-order valence-electron chi connectivity index (χ3n) is 4.78. The Morgan fingerprint density at radius 1 is 1.43 bits per heavy atom. The van der Waals surface area contributed by atoms with Gasteiger partial charge in [-0.25, -0.2) is 9.78 Å². The van der Waals surface area contributed by atoms with E-state index in [9.17, 15) is 14.7 Å². The molecule has 0 spiro atoms. The summed E-state index contributed by atoms with van der Waals surface area (Å²) in [4.78, 5) is 29.5. The third kappa shape index (κ3) is 2.71. The first-order chi connectivity index (χ1) is 10.9. The van der Waals surface area contributed by atoms with Gasteiger partial charge >= 0.3 is 6.09 Å². The van der Waals surface area contributed by atoms with Gasteiger partial charge in [-0.05, 0) is 18.8 Å². The fourth-order valence-electron chi connectivity index (χ4n) is 3.67. The average molecular weight is 319 g/mol. The summed E-state index contributed by atoms with van der Waals surface area (Å²) in [5.41, 5.74) is 1.41. The Labute approximate surface area is 134 Å². The highest BCUT2D eigenvalue weighted by atomic mass is 16.5. The molecule has 0 unspecified atom stereocenters. The first kappa shape index (κ1) is 15.6. The molecule has 2 amide bonds. The van der Waals surface area contributed by atoms with E-state index in [1.165, 1.54) is 7.11 Å². The summed E-state index contributed by atoms with van der Waals surface area (Å²) in [5, 5.41) is 11.8. The molecule has 0 radical (unpaired) electrons. The monoisotopic (exact) mass is 319 g/mol.